The van der Waals surface area contributed by atoms with Crippen LogP contribution in [0.5, 0.6) is 0 Å². The van der Waals surface area contributed by atoms with Gasteiger partial charge in [0.05, 0.1) is 6.54 Å². The Morgan fingerprint density at radius 1 is 1.41 bits per heavy atom. The van der Waals surface area contributed by atoms with Crippen molar-refractivity contribution in [3.63, 3.8) is 0 Å². The predicted octanol–water partition coefficient (Wildman–Crippen LogP) is 1.60. The molecule has 3 rings (SSSR count). The molecule has 0 radical (unpaired) electrons. The molecule has 0 saturated heterocycles. The van der Waals surface area contributed by atoms with Gasteiger partial charge in [0.25, 0.3) is 0 Å². The molecule has 0 spiro atoms. The van der Waals surface area contributed by atoms with E-state index in [9.17, 15) is 4.79 Å². The second kappa shape index (κ2) is 3.91. The first-order valence-corrected chi connectivity index (χ1v) is 6.52. The topological polar surface area (TPSA) is 39.3 Å². The van der Waals surface area contributed by atoms with Crippen LogP contribution in [0.1, 0.15) is 19.3 Å². The summed E-state index contributed by atoms with van der Waals surface area (Å²) >= 11 is 4.41. The van der Waals surface area contributed by atoms with Crippen molar-refractivity contribution in [1.82, 2.24) is 14.2 Å². The lowest BCUT2D eigenvalue weighted by atomic mass is 9.70. The summed E-state index contributed by atoms with van der Waals surface area (Å²) in [5, 5.41) is 4.36. The monoisotopic (exact) mass is 249 g/mol. The average molecular weight is 249 g/mol. The zero-order valence-electron chi connectivity index (χ0n) is 9.54. The number of hydrogen-bond donors (Lipinski definition) is 1. The summed E-state index contributed by atoms with van der Waals surface area (Å²) in [5.74, 6) is 0.827. The van der Waals surface area contributed by atoms with Crippen LogP contribution in [0.3, 0.4) is 0 Å². The van der Waals surface area contributed by atoms with Crippen LogP contribution in [0.15, 0.2) is 29.2 Å². The van der Waals surface area contributed by atoms with Gasteiger partial charge in [-0.25, -0.2) is 9.48 Å². The highest BCUT2D eigenvalue weighted by Crippen LogP contribution is 2.42. The van der Waals surface area contributed by atoms with Crippen LogP contribution >= 0.6 is 12.6 Å². The van der Waals surface area contributed by atoms with Gasteiger partial charge >= 0.3 is 5.69 Å². The van der Waals surface area contributed by atoms with Crippen LogP contribution in [0.2, 0.25) is 0 Å². The molecule has 5 heteroatoms. The first-order chi connectivity index (χ1) is 8.24. The average Bonchev–Trinajstić information content (AvgIpc) is 2.62. The van der Waals surface area contributed by atoms with Gasteiger partial charge in [-0.3, -0.25) is 4.40 Å². The summed E-state index contributed by atoms with van der Waals surface area (Å²) in [6.45, 7) is 0.691. The van der Waals surface area contributed by atoms with Crippen LogP contribution in [0, 0.1) is 5.41 Å². The van der Waals surface area contributed by atoms with Gasteiger partial charge in [0.15, 0.2) is 5.65 Å². The summed E-state index contributed by atoms with van der Waals surface area (Å²) in [5.41, 5.74) is 0.852. The first-order valence-electron chi connectivity index (χ1n) is 5.89. The minimum Gasteiger partial charge on any atom is -0.250 e. The number of pyridine rings is 1. The zero-order chi connectivity index (χ0) is 11.9. The Kier molecular flexibility index (Phi) is 2.50. The third-order valence-corrected chi connectivity index (χ3v) is 4.39. The van der Waals surface area contributed by atoms with Crippen molar-refractivity contribution < 1.29 is 0 Å². The van der Waals surface area contributed by atoms with E-state index < -0.39 is 0 Å². The summed E-state index contributed by atoms with van der Waals surface area (Å²) in [4.78, 5) is 12.1. The molecule has 0 atom stereocenters. The van der Waals surface area contributed by atoms with E-state index in [1.54, 1.807) is 15.3 Å². The van der Waals surface area contributed by atoms with E-state index in [-0.39, 0.29) is 11.1 Å². The Balaban J connectivity index is 2.01. The molecule has 17 heavy (non-hydrogen) atoms. The van der Waals surface area contributed by atoms with E-state index in [1.807, 2.05) is 18.2 Å². The Bertz CT molecular complexity index is 592. The molecule has 0 bridgehead atoms. The van der Waals surface area contributed by atoms with Gasteiger partial charge in [-0.1, -0.05) is 12.5 Å². The highest BCUT2D eigenvalue weighted by molar-refractivity contribution is 7.80. The van der Waals surface area contributed by atoms with Gasteiger partial charge in [0.2, 0.25) is 0 Å². The molecule has 0 aliphatic heterocycles. The largest absolute Gasteiger partial charge is 0.350 e. The first kappa shape index (κ1) is 10.9. The number of fused-ring (bicyclic) bond motifs is 1. The molecular weight excluding hydrogens is 234 g/mol. The van der Waals surface area contributed by atoms with Crippen molar-refractivity contribution in [2.24, 2.45) is 5.41 Å². The number of thiol groups is 1. The molecule has 90 valence electrons. The fraction of sp³-hybridized carbons (Fsp3) is 0.500. The van der Waals surface area contributed by atoms with Crippen molar-refractivity contribution in [1.29, 1.82) is 0 Å². The zero-order valence-corrected chi connectivity index (χ0v) is 10.4. The van der Waals surface area contributed by atoms with Crippen molar-refractivity contribution >= 4 is 18.3 Å². The molecule has 2 aromatic heterocycles. The Hall–Kier alpha value is -1.23. The quantitative estimate of drug-likeness (QED) is 0.839. The number of rotatable bonds is 3. The van der Waals surface area contributed by atoms with E-state index in [1.165, 1.54) is 6.42 Å². The highest BCUT2D eigenvalue weighted by atomic mass is 32.1. The third-order valence-electron chi connectivity index (χ3n) is 3.72. The van der Waals surface area contributed by atoms with Crippen molar-refractivity contribution in [3.05, 3.63) is 34.9 Å². The van der Waals surface area contributed by atoms with Gasteiger partial charge < -0.3 is 0 Å². The van der Waals surface area contributed by atoms with Crippen molar-refractivity contribution in [3.8, 4) is 0 Å². The van der Waals surface area contributed by atoms with Gasteiger partial charge in [0.1, 0.15) is 0 Å². The summed E-state index contributed by atoms with van der Waals surface area (Å²) in [7, 11) is 0. The normalized spacial score (nSPS) is 18.2. The van der Waals surface area contributed by atoms with Crippen LogP contribution in [-0.4, -0.2) is 19.9 Å². The molecule has 2 heterocycles. The molecule has 0 aromatic carbocycles. The molecule has 1 saturated carbocycles. The second-order valence-electron chi connectivity index (χ2n) is 4.88. The van der Waals surface area contributed by atoms with Gasteiger partial charge in [-0.05, 0) is 36.1 Å². The maximum absolute atomic E-state index is 12.1. The summed E-state index contributed by atoms with van der Waals surface area (Å²) < 4.78 is 3.18. The van der Waals surface area contributed by atoms with Gasteiger partial charge in [0, 0.05) is 6.20 Å². The predicted molar refractivity (Wildman–Crippen MR) is 69.6 cm³/mol. The standard InChI is InChI=1S/C12H15N3OS/c16-11-14-7-2-1-4-10(14)13-15(11)8-12(9-17)5-3-6-12/h1-2,4,7,17H,3,5-6,8-9H2. The van der Waals surface area contributed by atoms with Crippen LogP contribution in [0.4, 0.5) is 0 Å². The molecule has 0 unspecified atom stereocenters. The van der Waals surface area contributed by atoms with Crippen LogP contribution < -0.4 is 5.69 Å². The molecule has 0 amide bonds. The Morgan fingerprint density at radius 3 is 2.82 bits per heavy atom. The van der Waals surface area contributed by atoms with Crippen molar-refractivity contribution in [2.75, 3.05) is 5.75 Å². The van der Waals surface area contributed by atoms with E-state index in [0.717, 1.165) is 18.6 Å². The van der Waals surface area contributed by atoms with E-state index in [2.05, 4.69) is 17.7 Å². The smallest absolute Gasteiger partial charge is 0.250 e. The number of nitrogens with zero attached hydrogens (tertiary/aromatic N) is 3. The Labute approximate surface area is 105 Å². The van der Waals surface area contributed by atoms with E-state index >= 15 is 0 Å². The highest BCUT2D eigenvalue weighted by Gasteiger charge is 2.36. The SMILES string of the molecule is O=c1n(CC2(CS)CCC2)nc2ccccn12. The fourth-order valence-corrected chi connectivity index (χ4v) is 2.85. The second-order valence-corrected chi connectivity index (χ2v) is 5.20. The lowest BCUT2D eigenvalue weighted by Crippen LogP contribution is -2.39. The molecule has 2 aromatic rings. The van der Waals surface area contributed by atoms with Crippen LogP contribution in [0.25, 0.3) is 5.65 Å². The number of aromatic nitrogens is 3. The maximum atomic E-state index is 12.1. The Morgan fingerprint density at radius 2 is 2.24 bits per heavy atom. The van der Waals surface area contributed by atoms with Crippen LogP contribution in [-0.2, 0) is 6.54 Å². The summed E-state index contributed by atoms with van der Waals surface area (Å²) in [6.07, 6.45) is 5.30. The molecule has 0 N–H and O–H groups in total. The minimum absolute atomic E-state index is 0.0475. The maximum Gasteiger partial charge on any atom is 0.350 e. The minimum atomic E-state index is -0.0475. The molecule has 1 aliphatic carbocycles. The van der Waals surface area contributed by atoms with E-state index in [4.69, 9.17) is 0 Å². The number of hydrogen-bond acceptors (Lipinski definition) is 3. The fourth-order valence-electron chi connectivity index (χ4n) is 2.43. The lowest BCUT2D eigenvalue weighted by Gasteiger charge is -2.40. The van der Waals surface area contributed by atoms with E-state index in [0.29, 0.717) is 12.2 Å². The molecular formula is C12H15N3OS. The lowest BCUT2D eigenvalue weighted by molar-refractivity contribution is 0.131. The molecule has 4 nitrogen and oxygen atoms in total. The third kappa shape index (κ3) is 1.69. The summed E-state index contributed by atoms with van der Waals surface area (Å²) in [6, 6.07) is 5.59. The van der Waals surface area contributed by atoms with Gasteiger partial charge in [-0.2, -0.15) is 12.6 Å². The molecule has 1 aliphatic rings. The van der Waals surface area contributed by atoms with Crippen molar-refractivity contribution in [2.45, 2.75) is 25.8 Å². The van der Waals surface area contributed by atoms with Gasteiger partial charge in [-0.15, -0.1) is 5.10 Å². The molecule has 1 fully saturated rings.